The number of rotatable bonds is 6. The number of carbonyl (C=O) groups is 2. The van der Waals surface area contributed by atoms with Crippen molar-refractivity contribution < 1.29 is 32.2 Å². The van der Waals surface area contributed by atoms with Crippen LogP contribution in [-0.2, 0) is 22.8 Å². The first kappa shape index (κ1) is 28.7. The van der Waals surface area contributed by atoms with Crippen LogP contribution in [0.3, 0.4) is 0 Å². The maximum atomic E-state index is 13.8. The Morgan fingerprint density at radius 1 is 0.795 bits per heavy atom. The minimum absolute atomic E-state index is 0.0644. The molecule has 4 aromatic carbocycles. The Morgan fingerprint density at radius 3 is 2.18 bits per heavy atom. The van der Waals surface area contributed by atoms with Gasteiger partial charge in [-0.05, 0) is 79.0 Å². The number of aromatic nitrogens is 1. The van der Waals surface area contributed by atoms with E-state index in [0.717, 1.165) is 12.1 Å². The second-order valence-corrected chi connectivity index (χ2v) is 10.2. The highest BCUT2D eigenvalue weighted by molar-refractivity contribution is 7.80. The molecule has 11 heteroatoms. The number of hydrogen-bond acceptors (Lipinski definition) is 5. The van der Waals surface area contributed by atoms with Crippen LogP contribution in [0, 0.1) is 0 Å². The van der Waals surface area contributed by atoms with E-state index in [2.05, 4.69) is 5.32 Å². The number of ether oxygens (including phenoxy) is 2. The van der Waals surface area contributed by atoms with Crippen molar-refractivity contribution >= 4 is 51.8 Å². The zero-order chi connectivity index (χ0) is 31.0. The monoisotopic (exact) mass is 613 g/mol. The van der Waals surface area contributed by atoms with Crippen molar-refractivity contribution in [1.29, 1.82) is 0 Å². The van der Waals surface area contributed by atoms with E-state index < -0.39 is 23.6 Å². The van der Waals surface area contributed by atoms with Crippen LogP contribution in [0.25, 0.3) is 17.0 Å². The van der Waals surface area contributed by atoms with E-state index in [0.29, 0.717) is 33.7 Å². The van der Waals surface area contributed by atoms with Gasteiger partial charge in [0.2, 0.25) is 5.88 Å². The molecule has 0 radical (unpaired) electrons. The van der Waals surface area contributed by atoms with Gasteiger partial charge in [-0.25, -0.2) is 0 Å². The number of nitrogens with one attached hydrogen (secondary N) is 1. The first-order valence-corrected chi connectivity index (χ1v) is 13.7. The lowest BCUT2D eigenvalue weighted by atomic mass is 10.1. The Labute approximate surface area is 254 Å². The molecule has 0 aliphatic carbocycles. The molecule has 1 N–H and O–H groups in total. The molecule has 220 valence electrons. The summed E-state index contributed by atoms with van der Waals surface area (Å²) in [4.78, 5) is 28.1. The smallest absolute Gasteiger partial charge is 0.416 e. The van der Waals surface area contributed by atoms with Crippen LogP contribution in [-0.4, -0.2) is 21.5 Å². The Bertz CT molecular complexity index is 1950. The number of anilines is 1. The Kier molecular flexibility index (Phi) is 7.40. The van der Waals surface area contributed by atoms with E-state index in [4.69, 9.17) is 21.7 Å². The summed E-state index contributed by atoms with van der Waals surface area (Å²) in [7, 11) is 1.68. The molecule has 1 saturated heterocycles. The molecule has 0 saturated carbocycles. The number of hydrogen-bond donors (Lipinski definition) is 1. The standard InChI is InChI=1S/C33H22F3N3O4S/c1-38-28-13-6-5-12-25(28)26(31(38)43-24-11-7-8-20(18-24)33(34,35)36)19-27-29(40)37-32(44)39(30(27)41)21-14-16-23(17-15-21)42-22-9-3-2-4-10-22/h2-19H,1H3,(H,37,40,44)/b27-19+. The van der Waals surface area contributed by atoms with E-state index in [1.807, 2.05) is 30.3 Å². The lowest BCUT2D eigenvalue weighted by molar-refractivity contribution is -0.137. The summed E-state index contributed by atoms with van der Waals surface area (Å²) in [6.45, 7) is 0. The highest BCUT2D eigenvalue weighted by Gasteiger charge is 2.35. The summed E-state index contributed by atoms with van der Waals surface area (Å²) in [6.07, 6.45) is -3.20. The lowest BCUT2D eigenvalue weighted by Gasteiger charge is -2.29. The number of benzene rings is 4. The SMILES string of the molecule is Cn1c(Oc2cccc(C(F)(F)F)c2)c(/C=C2\C(=O)NC(=S)N(c3ccc(Oc4ccccc4)cc3)C2=O)c2ccccc21. The molecule has 5 aromatic rings. The van der Waals surface area contributed by atoms with Crippen LogP contribution < -0.4 is 19.7 Å². The second kappa shape index (κ2) is 11.3. The predicted octanol–water partition coefficient (Wildman–Crippen LogP) is 7.61. The fraction of sp³-hybridized carbons (Fsp3) is 0.0606. The van der Waals surface area contributed by atoms with Crippen molar-refractivity contribution in [1.82, 2.24) is 9.88 Å². The molecule has 7 nitrogen and oxygen atoms in total. The molecule has 0 unspecified atom stereocenters. The zero-order valence-corrected chi connectivity index (χ0v) is 23.8. The molecule has 0 atom stereocenters. The van der Waals surface area contributed by atoms with Gasteiger partial charge in [-0.3, -0.25) is 19.8 Å². The zero-order valence-electron chi connectivity index (χ0n) is 23.0. The van der Waals surface area contributed by atoms with Crippen LogP contribution in [0.2, 0.25) is 0 Å². The number of fused-ring (bicyclic) bond motifs is 1. The third kappa shape index (κ3) is 5.52. The summed E-state index contributed by atoms with van der Waals surface area (Å²) in [6, 6.07) is 27.4. The van der Waals surface area contributed by atoms with Crippen molar-refractivity contribution in [3.8, 4) is 23.1 Å². The van der Waals surface area contributed by atoms with Crippen molar-refractivity contribution in [3.63, 3.8) is 0 Å². The van der Waals surface area contributed by atoms with Gasteiger partial charge < -0.3 is 14.0 Å². The van der Waals surface area contributed by atoms with Crippen molar-refractivity contribution in [3.05, 3.63) is 120 Å². The van der Waals surface area contributed by atoms with Crippen LogP contribution in [0.5, 0.6) is 23.1 Å². The lowest BCUT2D eigenvalue weighted by Crippen LogP contribution is -2.54. The number of halogens is 3. The average Bonchev–Trinajstić information content (AvgIpc) is 3.26. The number of carbonyl (C=O) groups excluding carboxylic acids is 2. The van der Waals surface area contributed by atoms with Gasteiger partial charge in [0.25, 0.3) is 11.8 Å². The summed E-state index contributed by atoms with van der Waals surface area (Å²) in [5, 5.41) is 3.07. The van der Waals surface area contributed by atoms with Crippen molar-refractivity contribution in [2.24, 2.45) is 7.05 Å². The van der Waals surface area contributed by atoms with Crippen LogP contribution in [0.1, 0.15) is 11.1 Å². The Morgan fingerprint density at radius 2 is 1.45 bits per heavy atom. The van der Waals surface area contributed by atoms with Crippen LogP contribution in [0.15, 0.2) is 109 Å². The summed E-state index contributed by atoms with van der Waals surface area (Å²) < 4.78 is 53.6. The second-order valence-electron chi connectivity index (χ2n) is 9.79. The number of para-hydroxylation sites is 2. The van der Waals surface area contributed by atoms with E-state index in [1.54, 1.807) is 60.1 Å². The maximum absolute atomic E-state index is 13.8. The van der Waals surface area contributed by atoms with Crippen molar-refractivity contribution in [2.75, 3.05) is 4.90 Å². The van der Waals surface area contributed by atoms with Gasteiger partial charge in [-0.1, -0.05) is 42.5 Å². The third-order valence-corrected chi connectivity index (χ3v) is 7.22. The van der Waals surface area contributed by atoms with Gasteiger partial charge in [0.1, 0.15) is 22.8 Å². The number of alkyl halides is 3. The van der Waals surface area contributed by atoms with E-state index in [9.17, 15) is 22.8 Å². The van der Waals surface area contributed by atoms with Crippen LogP contribution >= 0.6 is 12.2 Å². The van der Waals surface area contributed by atoms with E-state index in [1.165, 1.54) is 23.1 Å². The van der Waals surface area contributed by atoms with E-state index in [-0.39, 0.29) is 22.3 Å². The molecular formula is C33H22F3N3O4S. The summed E-state index contributed by atoms with van der Waals surface area (Å²) in [5.74, 6) is -0.166. The predicted molar refractivity (Wildman–Crippen MR) is 164 cm³/mol. The molecule has 1 aliphatic rings. The molecule has 1 fully saturated rings. The quantitative estimate of drug-likeness (QED) is 0.121. The number of amides is 2. The normalized spacial score (nSPS) is 14.7. The van der Waals surface area contributed by atoms with E-state index >= 15 is 0 Å². The molecule has 0 bridgehead atoms. The fourth-order valence-electron chi connectivity index (χ4n) is 4.83. The topological polar surface area (TPSA) is 72.8 Å². The third-order valence-electron chi connectivity index (χ3n) is 6.93. The highest BCUT2D eigenvalue weighted by atomic mass is 32.1. The first-order chi connectivity index (χ1) is 21.1. The van der Waals surface area contributed by atoms with Crippen LogP contribution in [0.4, 0.5) is 18.9 Å². The molecule has 1 aromatic heterocycles. The van der Waals surface area contributed by atoms with Gasteiger partial charge in [0.05, 0.1) is 16.8 Å². The number of aryl methyl sites for hydroxylation is 1. The fourth-order valence-corrected chi connectivity index (χ4v) is 5.11. The largest absolute Gasteiger partial charge is 0.457 e. The molecule has 0 spiro atoms. The highest BCUT2D eigenvalue weighted by Crippen LogP contribution is 2.38. The molecule has 2 heterocycles. The van der Waals surface area contributed by atoms with Crippen molar-refractivity contribution in [2.45, 2.75) is 6.18 Å². The Balaban J connectivity index is 1.37. The first-order valence-electron chi connectivity index (χ1n) is 13.3. The summed E-state index contributed by atoms with van der Waals surface area (Å²) >= 11 is 5.35. The van der Waals surface area contributed by atoms with Gasteiger partial charge >= 0.3 is 6.18 Å². The molecule has 2 amide bonds. The van der Waals surface area contributed by atoms with Gasteiger partial charge in [0.15, 0.2) is 5.11 Å². The Hall–Kier alpha value is -5.42. The summed E-state index contributed by atoms with van der Waals surface area (Å²) in [5.41, 5.74) is 0.280. The van der Waals surface area contributed by atoms with Gasteiger partial charge in [-0.2, -0.15) is 13.2 Å². The number of nitrogens with zero attached hydrogens (tertiary/aromatic N) is 2. The average molecular weight is 614 g/mol. The minimum Gasteiger partial charge on any atom is -0.457 e. The molecule has 1 aliphatic heterocycles. The maximum Gasteiger partial charge on any atom is 0.416 e. The minimum atomic E-state index is -4.57. The molecule has 6 rings (SSSR count). The molecule has 44 heavy (non-hydrogen) atoms. The van der Waals surface area contributed by atoms with Gasteiger partial charge in [-0.15, -0.1) is 0 Å². The molecular weight excluding hydrogens is 591 g/mol. The van der Waals surface area contributed by atoms with Gasteiger partial charge in [0, 0.05) is 18.0 Å². The number of thiocarbonyl (C=S) groups is 1.